The zero-order valence-corrected chi connectivity index (χ0v) is 14.9. The number of piperidine rings is 1. The summed E-state index contributed by atoms with van der Waals surface area (Å²) in [6.07, 6.45) is -2.37. The molecule has 1 aliphatic heterocycles. The molecule has 2 N–H and O–H groups in total. The minimum atomic E-state index is -4.57. The van der Waals surface area contributed by atoms with Gasteiger partial charge in [-0.25, -0.2) is 8.42 Å². The van der Waals surface area contributed by atoms with Crippen LogP contribution in [0.5, 0.6) is 0 Å². The second-order valence-electron chi connectivity index (χ2n) is 5.94. The topological polar surface area (TPSA) is 63.4 Å². The van der Waals surface area contributed by atoms with Gasteiger partial charge in [-0.2, -0.15) is 17.5 Å². The zero-order chi connectivity index (χ0) is 17.3. The van der Waals surface area contributed by atoms with Gasteiger partial charge in [0.2, 0.25) is 10.0 Å². The Morgan fingerprint density at radius 3 is 2.50 bits per heavy atom. The zero-order valence-electron chi connectivity index (χ0n) is 13.3. The summed E-state index contributed by atoms with van der Waals surface area (Å²) in [6, 6.07) is 4.08. The average Bonchev–Trinajstić information content (AvgIpc) is 2.46. The summed E-state index contributed by atoms with van der Waals surface area (Å²) in [6.45, 7) is 2.03. The lowest BCUT2D eigenvalue weighted by molar-refractivity contribution is -0.138. The summed E-state index contributed by atoms with van der Waals surface area (Å²) in [7, 11) is -3.86. The van der Waals surface area contributed by atoms with Gasteiger partial charge in [-0.3, -0.25) is 0 Å². The fourth-order valence-corrected chi connectivity index (χ4v) is 4.93. The summed E-state index contributed by atoms with van der Waals surface area (Å²) in [5, 5.41) is 0. The van der Waals surface area contributed by atoms with Crippen molar-refractivity contribution in [2.24, 2.45) is 5.73 Å². The van der Waals surface area contributed by atoms with Crippen LogP contribution in [0.2, 0.25) is 0 Å². The van der Waals surface area contributed by atoms with Crippen molar-refractivity contribution in [2.45, 2.75) is 50.2 Å². The SMILES string of the molecule is CC(N)C1CCCCN1S(=O)(=O)Cc1ccccc1C(F)(F)F.Cl. The largest absolute Gasteiger partial charge is 0.416 e. The summed E-state index contributed by atoms with van der Waals surface area (Å²) in [5.74, 6) is -0.661. The summed E-state index contributed by atoms with van der Waals surface area (Å²) in [5.41, 5.74) is 4.73. The Hall–Kier alpha value is -0.830. The van der Waals surface area contributed by atoms with E-state index in [1.54, 1.807) is 6.92 Å². The molecule has 0 amide bonds. The molecule has 138 valence electrons. The Morgan fingerprint density at radius 2 is 1.92 bits per heavy atom. The monoisotopic (exact) mass is 386 g/mol. The van der Waals surface area contributed by atoms with Crippen LogP contribution >= 0.6 is 12.4 Å². The number of hydrogen-bond acceptors (Lipinski definition) is 3. The van der Waals surface area contributed by atoms with E-state index in [9.17, 15) is 21.6 Å². The molecular formula is C15H22ClF3N2O2S. The van der Waals surface area contributed by atoms with Crippen molar-refractivity contribution in [2.75, 3.05) is 6.54 Å². The summed E-state index contributed by atoms with van der Waals surface area (Å²) < 4.78 is 65.7. The Morgan fingerprint density at radius 1 is 1.29 bits per heavy atom. The van der Waals surface area contributed by atoms with Gasteiger partial charge in [-0.05, 0) is 31.4 Å². The molecule has 0 spiro atoms. The van der Waals surface area contributed by atoms with Gasteiger partial charge < -0.3 is 5.73 Å². The molecule has 1 aromatic rings. The lowest BCUT2D eigenvalue weighted by Gasteiger charge is -2.37. The van der Waals surface area contributed by atoms with Crippen molar-refractivity contribution < 1.29 is 21.6 Å². The molecule has 0 radical (unpaired) electrons. The van der Waals surface area contributed by atoms with E-state index in [1.807, 2.05) is 0 Å². The van der Waals surface area contributed by atoms with E-state index in [0.29, 0.717) is 19.4 Å². The summed E-state index contributed by atoms with van der Waals surface area (Å²) in [4.78, 5) is 0. The van der Waals surface area contributed by atoms with E-state index in [-0.39, 0.29) is 30.1 Å². The van der Waals surface area contributed by atoms with E-state index in [1.165, 1.54) is 22.5 Å². The quantitative estimate of drug-likeness (QED) is 0.864. The average molecular weight is 387 g/mol. The van der Waals surface area contributed by atoms with Crippen LogP contribution in [0.3, 0.4) is 0 Å². The fraction of sp³-hybridized carbons (Fsp3) is 0.600. The lowest BCUT2D eigenvalue weighted by Crippen LogP contribution is -2.51. The molecule has 1 heterocycles. The predicted octanol–water partition coefficient (Wildman–Crippen LogP) is 3.16. The first kappa shape index (κ1) is 21.2. The van der Waals surface area contributed by atoms with Crippen molar-refractivity contribution >= 4 is 22.4 Å². The van der Waals surface area contributed by atoms with Crippen molar-refractivity contribution in [1.29, 1.82) is 0 Å². The first-order valence-electron chi connectivity index (χ1n) is 7.53. The van der Waals surface area contributed by atoms with Gasteiger partial charge in [0.25, 0.3) is 0 Å². The first-order valence-corrected chi connectivity index (χ1v) is 9.14. The van der Waals surface area contributed by atoms with Gasteiger partial charge >= 0.3 is 6.18 Å². The highest BCUT2D eigenvalue weighted by Crippen LogP contribution is 2.33. The minimum absolute atomic E-state index is 0. The normalized spacial score (nSPS) is 21.1. The summed E-state index contributed by atoms with van der Waals surface area (Å²) >= 11 is 0. The van der Waals surface area contributed by atoms with Gasteiger partial charge in [0.15, 0.2) is 0 Å². The molecule has 1 aliphatic rings. The molecule has 0 aliphatic carbocycles. The van der Waals surface area contributed by atoms with Crippen LogP contribution in [0.1, 0.15) is 37.3 Å². The maximum atomic E-state index is 13.0. The number of rotatable bonds is 4. The number of nitrogens with two attached hydrogens (primary N) is 1. The third-order valence-electron chi connectivity index (χ3n) is 4.12. The third-order valence-corrected chi connectivity index (χ3v) is 5.97. The van der Waals surface area contributed by atoms with Gasteiger partial charge in [0.1, 0.15) is 0 Å². The van der Waals surface area contributed by atoms with Gasteiger partial charge in [-0.15, -0.1) is 12.4 Å². The fourth-order valence-electron chi connectivity index (χ4n) is 3.00. The van der Waals surface area contributed by atoms with E-state index in [4.69, 9.17) is 5.73 Å². The number of nitrogens with zero attached hydrogens (tertiary/aromatic N) is 1. The van der Waals surface area contributed by atoms with Crippen LogP contribution < -0.4 is 5.73 Å². The molecule has 0 aromatic heterocycles. The number of hydrogen-bond donors (Lipinski definition) is 1. The first-order chi connectivity index (χ1) is 10.6. The van der Waals surface area contributed by atoms with Crippen LogP contribution in [-0.2, 0) is 22.0 Å². The predicted molar refractivity (Wildman–Crippen MR) is 89.3 cm³/mol. The van der Waals surface area contributed by atoms with E-state index >= 15 is 0 Å². The third kappa shape index (κ3) is 4.84. The standard InChI is InChI=1S/C15H21F3N2O2S.ClH/c1-11(19)14-8-4-5-9-20(14)23(21,22)10-12-6-2-3-7-13(12)15(16,17)18;/h2-3,6-7,11,14H,4-5,8-10,19H2,1H3;1H. The molecule has 1 aromatic carbocycles. The van der Waals surface area contributed by atoms with Gasteiger partial charge in [0.05, 0.1) is 11.3 Å². The van der Waals surface area contributed by atoms with Gasteiger partial charge in [-0.1, -0.05) is 24.6 Å². The smallest absolute Gasteiger partial charge is 0.326 e. The molecular weight excluding hydrogens is 365 g/mol. The molecule has 2 rings (SSSR count). The molecule has 2 atom stereocenters. The highest BCUT2D eigenvalue weighted by atomic mass is 35.5. The van der Waals surface area contributed by atoms with Crippen molar-refractivity contribution in [3.05, 3.63) is 35.4 Å². The number of halogens is 4. The van der Waals surface area contributed by atoms with E-state index in [2.05, 4.69) is 0 Å². The minimum Gasteiger partial charge on any atom is -0.326 e. The van der Waals surface area contributed by atoms with Crippen LogP contribution in [-0.4, -0.2) is 31.4 Å². The van der Waals surface area contributed by atoms with Crippen molar-refractivity contribution in [1.82, 2.24) is 4.31 Å². The van der Waals surface area contributed by atoms with Crippen LogP contribution in [0.15, 0.2) is 24.3 Å². The lowest BCUT2D eigenvalue weighted by atomic mass is 10.00. The number of sulfonamides is 1. The second-order valence-corrected chi connectivity index (χ2v) is 7.87. The maximum Gasteiger partial charge on any atom is 0.416 e. The Bertz CT molecular complexity index is 650. The molecule has 2 unspecified atom stereocenters. The highest BCUT2D eigenvalue weighted by molar-refractivity contribution is 7.88. The van der Waals surface area contributed by atoms with Crippen molar-refractivity contribution in [3.63, 3.8) is 0 Å². The van der Waals surface area contributed by atoms with E-state index < -0.39 is 27.5 Å². The Labute approximate surface area is 146 Å². The number of benzene rings is 1. The maximum absolute atomic E-state index is 13.0. The van der Waals surface area contributed by atoms with Crippen LogP contribution in [0, 0.1) is 0 Å². The molecule has 1 saturated heterocycles. The molecule has 0 bridgehead atoms. The number of alkyl halides is 3. The second kappa shape index (κ2) is 8.03. The van der Waals surface area contributed by atoms with Gasteiger partial charge in [0, 0.05) is 18.6 Å². The molecule has 0 saturated carbocycles. The molecule has 1 fully saturated rings. The molecule has 24 heavy (non-hydrogen) atoms. The van der Waals surface area contributed by atoms with Crippen molar-refractivity contribution in [3.8, 4) is 0 Å². The highest BCUT2D eigenvalue weighted by Gasteiger charge is 2.38. The van der Waals surface area contributed by atoms with Crippen LogP contribution in [0.4, 0.5) is 13.2 Å². The molecule has 4 nitrogen and oxygen atoms in total. The Kier molecular flexibility index (Phi) is 7.10. The van der Waals surface area contributed by atoms with Crippen LogP contribution in [0.25, 0.3) is 0 Å². The Balaban J connectivity index is 0.00000288. The van der Waals surface area contributed by atoms with E-state index in [0.717, 1.165) is 12.5 Å². The molecule has 9 heteroatoms.